The third-order valence-corrected chi connectivity index (χ3v) is 2.78. The highest BCUT2D eigenvalue weighted by molar-refractivity contribution is 5.85. The molecule has 1 aliphatic rings. The highest BCUT2D eigenvalue weighted by Crippen LogP contribution is 2.08. The molecule has 1 amide bonds. The summed E-state index contributed by atoms with van der Waals surface area (Å²) in [6.45, 7) is 8.61. The number of hydrogen-bond acceptors (Lipinski definition) is 4. The Morgan fingerprint density at radius 3 is 3.06 bits per heavy atom. The molecular weight excluding hydrogens is 242 g/mol. The van der Waals surface area contributed by atoms with Crippen LogP contribution in [0.2, 0.25) is 0 Å². The highest BCUT2D eigenvalue weighted by Gasteiger charge is 2.26. The Balaban J connectivity index is 0.00000256. The molecular formula is C11H22ClN3O2. The van der Waals surface area contributed by atoms with Crippen molar-refractivity contribution in [1.82, 2.24) is 10.2 Å². The summed E-state index contributed by atoms with van der Waals surface area (Å²) in [5, 5.41) is 2.79. The molecule has 2 atom stereocenters. The van der Waals surface area contributed by atoms with Crippen LogP contribution in [-0.4, -0.2) is 55.7 Å². The van der Waals surface area contributed by atoms with Gasteiger partial charge in [0.1, 0.15) is 0 Å². The van der Waals surface area contributed by atoms with Gasteiger partial charge in [-0.15, -0.1) is 19.0 Å². The Hall–Kier alpha value is -0.620. The molecule has 1 saturated heterocycles. The lowest BCUT2D eigenvalue weighted by Crippen LogP contribution is -2.53. The van der Waals surface area contributed by atoms with E-state index in [0.29, 0.717) is 19.7 Å². The summed E-state index contributed by atoms with van der Waals surface area (Å²) < 4.78 is 5.45. The van der Waals surface area contributed by atoms with E-state index in [1.165, 1.54) is 0 Å². The number of halogens is 1. The third kappa shape index (κ3) is 5.04. The predicted octanol–water partition coefficient (Wildman–Crippen LogP) is -0.242. The van der Waals surface area contributed by atoms with Gasteiger partial charge in [-0.25, -0.2) is 0 Å². The van der Waals surface area contributed by atoms with Crippen LogP contribution < -0.4 is 11.1 Å². The first-order valence-corrected chi connectivity index (χ1v) is 5.63. The Morgan fingerprint density at radius 2 is 2.47 bits per heavy atom. The maximum absolute atomic E-state index is 11.7. The lowest BCUT2D eigenvalue weighted by Gasteiger charge is -2.35. The van der Waals surface area contributed by atoms with Crippen molar-refractivity contribution < 1.29 is 9.53 Å². The van der Waals surface area contributed by atoms with Gasteiger partial charge in [-0.1, -0.05) is 6.08 Å². The van der Waals surface area contributed by atoms with Crippen molar-refractivity contribution in [3.63, 3.8) is 0 Å². The van der Waals surface area contributed by atoms with Crippen molar-refractivity contribution in [3.05, 3.63) is 12.7 Å². The van der Waals surface area contributed by atoms with Crippen molar-refractivity contribution in [2.45, 2.75) is 19.1 Å². The first-order valence-electron chi connectivity index (χ1n) is 5.63. The molecule has 1 aliphatic heterocycles. The molecule has 0 radical (unpaired) electrons. The molecule has 0 spiro atoms. The van der Waals surface area contributed by atoms with Gasteiger partial charge in [-0.3, -0.25) is 9.69 Å². The van der Waals surface area contributed by atoms with Crippen LogP contribution in [0.15, 0.2) is 12.7 Å². The summed E-state index contributed by atoms with van der Waals surface area (Å²) in [7, 11) is 0. The number of carbonyl (C=O) groups excluding carboxylic acids is 1. The van der Waals surface area contributed by atoms with E-state index in [1.807, 2.05) is 6.92 Å². The zero-order valence-corrected chi connectivity index (χ0v) is 11.0. The Morgan fingerprint density at radius 1 is 1.76 bits per heavy atom. The van der Waals surface area contributed by atoms with Crippen molar-refractivity contribution in [3.8, 4) is 0 Å². The van der Waals surface area contributed by atoms with Crippen LogP contribution in [0.1, 0.15) is 6.92 Å². The number of nitrogens with two attached hydrogens (primary N) is 1. The van der Waals surface area contributed by atoms with Gasteiger partial charge in [0.05, 0.1) is 18.8 Å². The normalized spacial score (nSPS) is 22.4. The fourth-order valence-corrected chi connectivity index (χ4v) is 1.72. The molecule has 1 rings (SSSR count). The number of ether oxygens (including phenoxy) is 1. The number of amides is 1. The average molecular weight is 264 g/mol. The Kier molecular flexibility index (Phi) is 8.16. The molecule has 0 bridgehead atoms. The van der Waals surface area contributed by atoms with E-state index < -0.39 is 0 Å². The number of nitrogens with one attached hydrogen (secondary N) is 1. The summed E-state index contributed by atoms with van der Waals surface area (Å²) >= 11 is 0. The minimum atomic E-state index is -0.141. The van der Waals surface area contributed by atoms with Crippen LogP contribution in [0.5, 0.6) is 0 Å². The molecule has 0 aliphatic carbocycles. The molecule has 17 heavy (non-hydrogen) atoms. The minimum Gasteiger partial charge on any atom is -0.374 e. The van der Waals surface area contributed by atoms with Gasteiger partial charge in [0, 0.05) is 26.2 Å². The third-order valence-electron chi connectivity index (χ3n) is 2.78. The monoisotopic (exact) mass is 263 g/mol. The van der Waals surface area contributed by atoms with Crippen LogP contribution in [0.25, 0.3) is 0 Å². The van der Waals surface area contributed by atoms with Crippen molar-refractivity contribution in [1.29, 1.82) is 0 Å². The van der Waals surface area contributed by atoms with Crippen LogP contribution >= 0.6 is 12.4 Å². The van der Waals surface area contributed by atoms with Crippen LogP contribution in [0.4, 0.5) is 0 Å². The van der Waals surface area contributed by atoms with Crippen molar-refractivity contribution in [2.24, 2.45) is 5.73 Å². The Bertz CT molecular complexity index is 251. The summed E-state index contributed by atoms with van der Waals surface area (Å²) in [5.74, 6) is 0.0255. The quantitative estimate of drug-likeness (QED) is 0.672. The molecule has 0 aromatic heterocycles. The van der Waals surface area contributed by atoms with Gasteiger partial charge < -0.3 is 15.8 Å². The van der Waals surface area contributed by atoms with Gasteiger partial charge in [0.2, 0.25) is 5.91 Å². The molecule has 3 N–H and O–H groups in total. The van der Waals surface area contributed by atoms with Crippen molar-refractivity contribution >= 4 is 18.3 Å². The Labute approximate surface area is 109 Å². The molecule has 0 aromatic rings. The molecule has 6 heteroatoms. The maximum atomic E-state index is 11.7. The van der Waals surface area contributed by atoms with E-state index >= 15 is 0 Å². The summed E-state index contributed by atoms with van der Waals surface area (Å²) in [6.07, 6.45) is 1.72. The second-order valence-electron chi connectivity index (χ2n) is 3.93. The molecule has 1 fully saturated rings. The number of hydrogen-bond donors (Lipinski definition) is 2. The first kappa shape index (κ1) is 16.4. The van der Waals surface area contributed by atoms with Gasteiger partial charge in [-0.05, 0) is 6.92 Å². The lowest BCUT2D eigenvalue weighted by molar-refractivity contribution is -0.128. The SMILES string of the molecule is C=CCNC(=O)C(C)N1CCOC(CN)C1.Cl. The predicted molar refractivity (Wildman–Crippen MR) is 70.3 cm³/mol. The highest BCUT2D eigenvalue weighted by atomic mass is 35.5. The molecule has 100 valence electrons. The van der Waals surface area contributed by atoms with Gasteiger partial charge >= 0.3 is 0 Å². The second kappa shape index (κ2) is 8.47. The summed E-state index contributed by atoms with van der Waals surface area (Å²) in [4.78, 5) is 13.8. The summed E-state index contributed by atoms with van der Waals surface area (Å²) in [5.41, 5.74) is 5.56. The lowest BCUT2D eigenvalue weighted by atomic mass is 10.2. The van der Waals surface area contributed by atoms with E-state index in [4.69, 9.17) is 10.5 Å². The maximum Gasteiger partial charge on any atom is 0.237 e. The largest absolute Gasteiger partial charge is 0.374 e. The number of morpholine rings is 1. The van der Waals surface area contributed by atoms with Crippen LogP contribution in [-0.2, 0) is 9.53 Å². The first-order chi connectivity index (χ1) is 7.69. The standard InChI is InChI=1S/C11H21N3O2.ClH/c1-3-4-13-11(15)9(2)14-5-6-16-10(7-12)8-14;/h3,9-10H,1,4-8,12H2,2H3,(H,13,15);1H. The van der Waals surface area contributed by atoms with E-state index in [2.05, 4.69) is 16.8 Å². The molecule has 0 saturated carbocycles. The molecule has 5 nitrogen and oxygen atoms in total. The van der Waals surface area contributed by atoms with E-state index in [1.54, 1.807) is 6.08 Å². The molecule has 0 aromatic carbocycles. The van der Waals surface area contributed by atoms with Gasteiger partial charge in [0.25, 0.3) is 0 Å². The van der Waals surface area contributed by atoms with Crippen LogP contribution in [0.3, 0.4) is 0 Å². The summed E-state index contributed by atoms with van der Waals surface area (Å²) in [6, 6.07) is -0.141. The van der Waals surface area contributed by atoms with E-state index in [-0.39, 0.29) is 30.5 Å². The topological polar surface area (TPSA) is 67.6 Å². The van der Waals surface area contributed by atoms with E-state index in [9.17, 15) is 4.79 Å². The number of carbonyl (C=O) groups is 1. The van der Waals surface area contributed by atoms with Crippen molar-refractivity contribution in [2.75, 3.05) is 32.8 Å². The molecule has 2 unspecified atom stereocenters. The number of nitrogens with zero attached hydrogens (tertiary/aromatic N) is 1. The average Bonchev–Trinajstić information content (AvgIpc) is 2.35. The smallest absolute Gasteiger partial charge is 0.237 e. The zero-order chi connectivity index (χ0) is 12.0. The fourth-order valence-electron chi connectivity index (χ4n) is 1.72. The van der Waals surface area contributed by atoms with E-state index in [0.717, 1.165) is 13.1 Å². The number of rotatable bonds is 5. The van der Waals surface area contributed by atoms with Gasteiger partial charge in [0.15, 0.2) is 0 Å². The van der Waals surface area contributed by atoms with Gasteiger partial charge in [-0.2, -0.15) is 0 Å². The minimum absolute atomic E-state index is 0. The van der Waals surface area contributed by atoms with Crippen LogP contribution in [0, 0.1) is 0 Å². The second-order valence-corrected chi connectivity index (χ2v) is 3.93. The fraction of sp³-hybridized carbons (Fsp3) is 0.727. The zero-order valence-electron chi connectivity index (χ0n) is 10.2. The molecule has 1 heterocycles.